The molecule has 33 heteroatoms. The van der Waals surface area contributed by atoms with Crippen molar-refractivity contribution in [2.24, 2.45) is 0 Å². The van der Waals surface area contributed by atoms with Gasteiger partial charge in [0.1, 0.15) is 138 Å². The van der Waals surface area contributed by atoms with E-state index in [9.17, 15) is 58.1 Å². The summed E-state index contributed by atoms with van der Waals surface area (Å²) < 4.78 is 114. The summed E-state index contributed by atoms with van der Waals surface area (Å²) in [5.74, 6) is 0. The molecule has 0 aliphatic carbocycles. The number of aliphatic hydroxyl groups excluding tert-OH is 5. The number of hydrogen-bond donors (Lipinski definition) is 7. The van der Waals surface area contributed by atoms with Crippen LogP contribution in [0.4, 0.5) is 0 Å². The third-order valence-corrected chi connectivity index (χ3v) is 31.7. The summed E-state index contributed by atoms with van der Waals surface area (Å²) in [6, 6.07) is 0. The highest BCUT2D eigenvalue weighted by atomic mass is 31.2. The lowest BCUT2D eigenvalue weighted by atomic mass is 10.3. The van der Waals surface area contributed by atoms with Crippen molar-refractivity contribution < 1.29 is 130 Å². The van der Waals surface area contributed by atoms with Crippen molar-refractivity contribution >= 4 is 38.0 Å². The maximum Gasteiger partial charge on any atom is 0.336 e. The van der Waals surface area contributed by atoms with Crippen LogP contribution in [0.2, 0.25) is 0 Å². The first-order chi connectivity index (χ1) is 47.6. The minimum atomic E-state index is -3.65. The van der Waals surface area contributed by atoms with Gasteiger partial charge in [-0.2, -0.15) is 0 Å². The normalized spacial score (nSPS) is 16.0. The molecule has 4 atom stereocenters. The summed E-state index contributed by atoms with van der Waals surface area (Å²) in [4.78, 5) is 19.7. The van der Waals surface area contributed by atoms with Crippen LogP contribution >= 0.6 is 38.0 Å². The van der Waals surface area contributed by atoms with E-state index in [1.165, 1.54) is 0 Å². The highest BCUT2D eigenvalue weighted by Gasteiger charge is 2.45. The topological polar surface area (TPSA) is 301 Å². The van der Waals surface area contributed by atoms with Crippen molar-refractivity contribution in [3.05, 3.63) is 0 Å². The Morgan fingerprint density at radius 2 is 0.396 bits per heavy atom. The Morgan fingerprint density at radius 3 is 0.538 bits per heavy atom. The second-order valence-electron chi connectivity index (χ2n) is 37.2. The van der Waals surface area contributed by atoms with Gasteiger partial charge in [0.2, 0.25) is 0 Å². The molecule has 28 nitrogen and oxygen atoms in total. The van der Waals surface area contributed by atoms with Crippen molar-refractivity contribution in [2.45, 2.75) is 185 Å². The smallest absolute Gasteiger partial charge is 0.336 e. The van der Waals surface area contributed by atoms with Crippen molar-refractivity contribution in [3.63, 3.8) is 0 Å². The van der Waals surface area contributed by atoms with Gasteiger partial charge in [-0.05, 0) is 152 Å². The number of quaternary nitrogens is 8. The minimum absolute atomic E-state index is 0.0239. The van der Waals surface area contributed by atoms with Gasteiger partial charge in [0.15, 0.2) is 0 Å². The second kappa shape index (κ2) is 50.7. The Labute approximate surface area is 651 Å². The average molecular weight is 1640 g/mol. The molecule has 0 heterocycles. The molecule has 0 aliphatic heterocycles. The predicted octanol–water partition coefficient (Wildman–Crippen LogP) is 10.6. The van der Waals surface area contributed by atoms with E-state index in [1.807, 2.05) is 90.4 Å². The monoisotopic (exact) mass is 1640 g/mol. The maximum atomic E-state index is 13.3. The lowest BCUT2D eigenvalue weighted by Crippen LogP contribution is -2.55. The molecular weight excluding hydrogens is 1460 g/mol. The van der Waals surface area contributed by atoms with Crippen molar-refractivity contribution in [3.8, 4) is 0 Å². The van der Waals surface area contributed by atoms with Crippen LogP contribution in [0.5, 0.6) is 0 Å². The number of hydrogen-bond acceptors (Lipinski definition) is 18. The van der Waals surface area contributed by atoms with E-state index in [4.69, 9.17) is 36.2 Å². The molecule has 0 spiro atoms. The lowest BCUT2D eigenvalue weighted by molar-refractivity contribution is -0.929. The molecule has 0 saturated heterocycles. The molecule has 0 aliphatic rings. The Morgan fingerprint density at radius 1 is 0.236 bits per heavy atom. The first kappa shape index (κ1) is 115. The van der Waals surface area contributed by atoms with Gasteiger partial charge in [-0.1, -0.05) is 6.92 Å². The Hall–Kier alpha value is 0.230. The third-order valence-electron chi connectivity index (χ3n) is 19.2. The highest BCUT2D eigenvalue weighted by Crippen LogP contribution is 2.62. The Kier molecular flexibility index (Phi) is 54.9. The van der Waals surface area contributed by atoms with E-state index in [-0.39, 0.29) is 46.2 Å². The third kappa shape index (κ3) is 48.6. The SMILES string of the molecule is CC(C)(C)P(=O)(OCC[N+](C)(C)C)OCC[N+](C)(C)C.CC(C)(C)P(=O)(OCC[N+](C)(C)C)OCC[N+](CCO)(CCO)CCO.CCC[N+](CCO)(CCO)CCOP(=O)(O)C(C)(C)C.CC[N+](CC)(CC)CCOP(=O)(O)C(C)(C)C.CC[N+](CC)(CC)CCOP(=O)(OCC[N+](C)(C)C)C(C)(C)C. The van der Waals surface area contributed by atoms with Gasteiger partial charge < -0.3 is 107 Å². The molecule has 0 bridgehead atoms. The fourth-order valence-electron chi connectivity index (χ4n) is 9.99. The molecule has 0 amide bonds. The summed E-state index contributed by atoms with van der Waals surface area (Å²) in [6.45, 7) is 60.1. The number of rotatable bonds is 50. The van der Waals surface area contributed by atoms with Crippen molar-refractivity contribution in [1.29, 1.82) is 0 Å². The summed E-state index contributed by atoms with van der Waals surface area (Å²) in [6.07, 6.45) is 0.913. The van der Waals surface area contributed by atoms with Crippen LogP contribution in [-0.4, -0.2) is 398 Å². The highest BCUT2D eigenvalue weighted by molar-refractivity contribution is 7.56. The molecular formula is C73H177N8O20P5+8. The molecule has 0 saturated carbocycles. The lowest BCUT2D eigenvalue weighted by Gasteiger charge is -2.38. The second-order valence-corrected chi connectivity index (χ2v) is 51.1. The zero-order chi connectivity index (χ0) is 84.7. The van der Waals surface area contributed by atoms with E-state index in [1.54, 1.807) is 41.5 Å². The fourth-order valence-corrected chi connectivity index (χ4v) is 15.9. The van der Waals surface area contributed by atoms with Crippen LogP contribution < -0.4 is 0 Å². The molecule has 7 N–H and O–H groups in total. The van der Waals surface area contributed by atoms with E-state index >= 15 is 0 Å². The van der Waals surface area contributed by atoms with Gasteiger partial charge >= 0.3 is 38.0 Å². The van der Waals surface area contributed by atoms with Gasteiger partial charge in [0.25, 0.3) is 0 Å². The van der Waals surface area contributed by atoms with E-state index in [0.717, 1.165) is 107 Å². The molecule has 106 heavy (non-hydrogen) atoms. The van der Waals surface area contributed by atoms with Gasteiger partial charge in [0.05, 0.1) is 189 Å². The summed E-state index contributed by atoms with van der Waals surface area (Å²) in [5.41, 5.74) is 0. The summed E-state index contributed by atoms with van der Waals surface area (Å²) in [5, 5.41) is 43.2. The van der Waals surface area contributed by atoms with Crippen LogP contribution in [0.3, 0.4) is 0 Å². The van der Waals surface area contributed by atoms with E-state index in [2.05, 4.69) is 105 Å². The molecule has 0 aromatic carbocycles. The quantitative estimate of drug-likeness (QED) is 0.0220. The standard InChI is InChI=1S/C17H41N2O6P.C17H41N2O3P.C14H35N2O3P.C13H30NO5P.C12H28NO3P/c1-17(2,3)26(23,24-15-10-18(4,5)6)25-16-11-19(7-12-20,8-13-21)9-14-22;1-10-19(11-2,12-3)14-16-22-23(20,17(4,5)6)21-15-13-18(7,8)9;1-14(2,3)20(17,18-12-10-15(4,5)6)19-13-11-16(7,8)9;1-5-6-14(7-10-15,8-11-16)9-12-19-20(17,18)13(2,3)4;1-7-13(8-2,9-3)10-11-16-17(14,15)12(4,5)6/h20-22H,7-16H2,1-6H3;10-16H2,1-9H3;10-13H2,1-9H3;15-16H,5-12H2,1-4H3;7-11H2,1-6H3/q3*+2;;/p+2. The molecule has 0 fully saturated rings. The first-order valence-electron chi connectivity index (χ1n) is 38.9. The average Bonchev–Trinajstić information content (AvgIpc) is 0.830. The van der Waals surface area contributed by atoms with Crippen LogP contribution in [0.1, 0.15) is 159 Å². The van der Waals surface area contributed by atoms with Crippen molar-refractivity contribution in [2.75, 3.05) is 301 Å². The van der Waals surface area contributed by atoms with Gasteiger partial charge in [-0.3, -0.25) is 22.8 Å². The number of likely N-dealkylation sites (N-methyl/N-ethyl adjacent to an activating group) is 6. The van der Waals surface area contributed by atoms with Crippen LogP contribution in [0.25, 0.3) is 0 Å². The van der Waals surface area contributed by atoms with E-state index in [0.29, 0.717) is 105 Å². The van der Waals surface area contributed by atoms with Crippen molar-refractivity contribution in [1.82, 2.24) is 0 Å². The molecule has 646 valence electrons. The molecule has 0 rings (SSSR count). The summed E-state index contributed by atoms with van der Waals surface area (Å²) >= 11 is 0. The van der Waals surface area contributed by atoms with Crippen LogP contribution in [0, 0.1) is 0 Å². The first-order valence-corrected chi connectivity index (χ1v) is 46.7. The Bertz CT molecular complexity index is 2450. The largest absolute Gasteiger partial charge is 0.391 e. The van der Waals surface area contributed by atoms with Gasteiger partial charge in [0, 0.05) is 0 Å². The minimum Gasteiger partial charge on any atom is -0.391 e. The molecule has 4 unspecified atom stereocenters. The predicted molar refractivity (Wildman–Crippen MR) is 439 cm³/mol. The fraction of sp³-hybridized carbons (Fsp3) is 1.00. The van der Waals surface area contributed by atoms with Gasteiger partial charge in [-0.25, -0.2) is 0 Å². The maximum absolute atomic E-state index is 13.3. The zero-order valence-electron chi connectivity index (χ0n) is 74.8. The molecule has 0 radical (unpaired) electrons. The van der Waals surface area contributed by atoms with Gasteiger partial charge in [-0.15, -0.1) is 0 Å². The zero-order valence-corrected chi connectivity index (χ0v) is 79.3. The number of nitrogens with zero attached hydrogens (tertiary/aromatic N) is 8. The summed E-state index contributed by atoms with van der Waals surface area (Å²) in [7, 11) is 8.21. The molecule has 0 aromatic rings. The van der Waals surface area contributed by atoms with Crippen LogP contribution in [0.15, 0.2) is 0 Å². The van der Waals surface area contributed by atoms with E-state index < -0.39 is 63.8 Å². The molecule has 0 aromatic heterocycles. The Balaban J connectivity index is -0.000000404. The number of aliphatic hydroxyl groups is 5. The van der Waals surface area contributed by atoms with Crippen LogP contribution in [-0.2, 0) is 59.0 Å².